The van der Waals surface area contributed by atoms with Gasteiger partial charge in [-0.15, -0.1) is 0 Å². The third-order valence-electron chi connectivity index (χ3n) is 4.49. The average molecular weight is 308 g/mol. The highest BCUT2D eigenvalue weighted by Gasteiger charge is 2.21. The Labute approximate surface area is 132 Å². The molecular formula is C17H28N2O3. The minimum Gasteiger partial charge on any atom is -0.503 e. The van der Waals surface area contributed by atoms with Crippen molar-refractivity contribution in [2.75, 3.05) is 13.1 Å². The summed E-state index contributed by atoms with van der Waals surface area (Å²) in [6.45, 7) is 7.44. The van der Waals surface area contributed by atoms with E-state index in [-0.39, 0.29) is 12.4 Å². The first-order valence-electron chi connectivity index (χ1n) is 8.34. The molecule has 124 valence electrons. The van der Waals surface area contributed by atoms with Crippen molar-refractivity contribution in [3.8, 4) is 5.75 Å². The maximum atomic E-state index is 12.0. The van der Waals surface area contributed by atoms with Crippen LogP contribution in [0.15, 0.2) is 10.9 Å². The molecule has 0 amide bonds. The molecule has 1 aliphatic rings. The Morgan fingerprint density at radius 1 is 1.41 bits per heavy atom. The number of aromatic hydroxyl groups is 1. The Bertz CT molecular complexity index is 554. The predicted octanol–water partition coefficient (Wildman–Crippen LogP) is 2.08. The van der Waals surface area contributed by atoms with Gasteiger partial charge in [0, 0.05) is 31.4 Å². The van der Waals surface area contributed by atoms with Crippen molar-refractivity contribution in [1.29, 1.82) is 0 Å². The standard InChI is InChI=1S/C17H28N2O3/c1-3-4-8-19-14(12-20)9-16(21)17(22)15(19)11-18-7-5-6-13(2)10-18/h9,13,20,22H,3-8,10-12H2,1-2H3. The summed E-state index contributed by atoms with van der Waals surface area (Å²) in [5.74, 6) is 0.485. The molecule has 22 heavy (non-hydrogen) atoms. The third-order valence-corrected chi connectivity index (χ3v) is 4.49. The molecule has 0 saturated carbocycles. The van der Waals surface area contributed by atoms with E-state index in [9.17, 15) is 15.0 Å². The smallest absolute Gasteiger partial charge is 0.223 e. The van der Waals surface area contributed by atoms with Gasteiger partial charge in [-0.3, -0.25) is 9.69 Å². The van der Waals surface area contributed by atoms with Gasteiger partial charge in [0.25, 0.3) is 0 Å². The van der Waals surface area contributed by atoms with E-state index in [0.717, 1.165) is 38.9 Å². The zero-order valence-electron chi connectivity index (χ0n) is 13.7. The number of piperidine rings is 1. The number of hydrogen-bond acceptors (Lipinski definition) is 4. The van der Waals surface area contributed by atoms with Crippen molar-refractivity contribution in [1.82, 2.24) is 9.47 Å². The lowest BCUT2D eigenvalue weighted by Crippen LogP contribution is -2.35. The topological polar surface area (TPSA) is 65.7 Å². The maximum absolute atomic E-state index is 12.0. The van der Waals surface area contributed by atoms with Crippen LogP contribution in [0, 0.1) is 5.92 Å². The van der Waals surface area contributed by atoms with E-state index in [0.29, 0.717) is 23.9 Å². The van der Waals surface area contributed by atoms with E-state index >= 15 is 0 Å². The van der Waals surface area contributed by atoms with Crippen LogP contribution in [0.3, 0.4) is 0 Å². The fraction of sp³-hybridized carbons (Fsp3) is 0.706. The van der Waals surface area contributed by atoms with Crippen molar-refractivity contribution in [2.24, 2.45) is 5.92 Å². The molecule has 5 heteroatoms. The van der Waals surface area contributed by atoms with Crippen molar-refractivity contribution in [3.05, 3.63) is 27.7 Å². The summed E-state index contributed by atoms with van der Waals surface area (Å²) in [7, 11) is 0. The minimum absolute atomic E-state index is 0.161. The van der Waals surface area contributed by atoms with Gasteiger partial charge in [0.05, 0.1) is 12.3 Å². The van der Waals surface area contributed by atoms with E-state index in [2.05, 4.69) is 18.7 Å². The van der Waals surface area contributed by atoms with Gasteiger partial charge < -0.3 is 14.8 Å². The number of aliphatic hydroxyl groups is 1. The van der Waals surface area contributed by atoms with Crippen LogP contribution in [0.2, 0.25) is 0 Å². The van der Waals surface area contributed by atoms with Gasteiger partial charge in [-0.25, -0.2) is 0 Å². The van der Waals surface area contributed by atoms with Crippen LogP contribution in [0.25, 0.3) is 0 Å². The lowest BCUT2D eigenvalue weighted by Gasteiger charge is -2.32. The van der Waals surface area contributed by atoms with E-state index in [4.69, 9.17) is 0 Å². The number of aliphatic hydroxyl groups excluding tert-OH is 1. The maximum Gasteiger partial charge on any atom is 0.223 e. The van der Waals surface area contributed by atoms with E-state index in [1.54, 1.807) is 0 Å². The molecular weight excluding hydrogens is 280 g/mol. The molecule has 2 rings (SSSR count). The van der Waals surface area contributed by atoms with E-state index < -0.39 is 5.43 Å². The number of unbranched alkanes of at least 4 members (excludes halogenated alkanes) is 1. The largest absolute Gasteiger partial charge is 0.503 e. The molecule has 1 fully saturated rings. The molecule has 1 saturated heterocycles. The monoisotopic (exact) mass is 308 g/mol. The molecule has 2 heterocycles. The number of pyridine rings is 1. The molecule has 1 aromatic heterocycles. The number of rotatable bonds is 6. The molecule has 1 aromatic rings. The van der Waals surface area contributed by atoms with Gasteiger partial charge in [0.2, 0.25) is 5.43 Å². The summed E-state index contributed by atoms with van der Waals surface area (Å²) in [5.41, 5.74) is 0.854. The van der Waals surface area contributed by atoms with Gasteiger partial charge in [-0.2, -0.15) is 0 Å². The summed E-state index contributed by atoms with van der Waals surface area (Å²) in [6, 6.07) is 1.35. The van der Waals surface area contributed by atoms with Crippen LogP contribution >= 0.6 is 0 Å². The van der Waals surface area contributed by atoms with Crippen molar-refractivity contribution in [2.45, 2.75) is 59.2 Å². The Hall–Kier alpha value is -1.33. The summed E-state index contributed by atoms with van der Waals surface area (Å²) in [6.07, 6.45) is 4.37. The van der Waals surface area contributed by atoms with Gasteiger partial charge in [0.15, 0.2) is 5.75 Å². The highest BCUT2D eigenvalue weighted by Crippen LogP contribution is 2.22. The lowest BCUT2D eigenvalue weighted by atomic mass is 10.00. The summed E-state index contributed by atoms with van der Waals surface area (Å²) in [5, 5.41) is 19.8. The van der Waals surface area contributed by atoms with E-state index in [1.165, 1.54) is 12.5 Å². The van der Waals surface area contributed by atoms with Crippen molar-refractivity contribution in [3.63, 3.8) is 0 Å². The molecule has 1 atom stereocenters. The predicted molar refractivity (Wildman–Crippen MR) is 86.9 cm³/mol. The van der Waals surface area contributed by atoms with Gasteiger partial charge in [-0.05, 0) is 31.7 Å². The normalized spacial score (nSPS) is 19.5. The fourth-order valence-corrected chi connectivity index (χ4v) is 3.27. The van der Waals surface area contributed by atoms with Gasteiger partial charge >= 0.3 is 0 Å². The average Bonchev–Trinajstić information content (AvgIpc) is 2.50. The van der Waals surface area contributed by atoms with Crippen LogP contribution in [0.1, 0.15) is 50.9 Å². The quantitative estimate of drug-likeness (QED) is 0.844. The molecule has 5 nitrogen and oxygen atoms in total. The molecule has 0 spiro atoms. The third kappa shape index (κ3) is 3.90. The zero-order chi connectivity index (χ0) is 16.1. The molecule has 0 aliphatic carbocycles. The molecule has 0 bridgehead atoms. The second-order valence-corrected chi connectivity index (χ2v) is 6.44. The molecule has 0 radical (unpaired) electrons. The summed E-state index contributed by atoms with van der Waals surface area (Å²) < 4.78 is 1.93. The second-order valence-electron chi connectivity index (χ2n) is 6.44. The zero-order valence-corrected chi connectivity index (χ0v) is 13.7. The molecule has 0 aromatic carbocycles. The van der Waals surface area contributed by atoms with Crippen molar-refractivity contribution < 1.29 is 10.2 Å². The number of nitrogens with zero attached hydrogens (tertiary/aromatic N) is 2. The highest BCUT2D eigenvalue weighted by molar-refractivity contribution is 5.30. The Kier molecular flexibility index (Phi) is 6.03. The highest BCUT2D eigenvalue weighted by atomic mass is 16.3. The van der Waals surface area contributed by atoms with Gasteiger partial charge in [-0.1, -0.05) is 20.3 Å². The van der Waals surface area contributed by atoms with Crippen molar-refractivity contribution >= 4 is 0 Å². The van der Waals surface area contributed by atoms with E-state index in [1.807, 2.05) is 4.57 Å². The van der Waals surface area contributed by atoms with Crippen LogP contribution < -0.4 is 5.43 Å². The first kappa shape index (κ1) is 17.0. The lowest BCUT2D eigenvalue weighted by molar-refractivity contribution is 0.169. The molecule has 2 N–H and O–H groups in total. The SMILES string of the molecule is CCCCn1c(CO)cc(=O)c(O)c1CN1CCCC(C)C1. The first-order valence-corrected chi connectivity index (χ1v) is 8.34. The molecule has 1 aliphatic heterocycles. The van der Waals surface area contributed by atoms with Crippen LogP contribution in [-0.2, 0) is 19.7 Å². The number of hydrogen-bond donors (Lipinski definition) is 2. The second kappa shape index (κ2) is 7.79. The van der Waals surface area contributed by atoms with Crippen LogP contribution in [0.5, 0.6) is 5.75 Å². The Balaban J connectivity index is 2.33. The molecule has 1 unspecified atom stereocenters. The number of likely N-dealkylation sites (tertiary alicyclic amines) is 1. The Morgan fingerprint density at radius 3 is 2.82 bits per heavy atom. The minimum atomic E-state index is -0.392. The van der Waals surface area contributed by atoms with Gasteiger partial charge in [0.1, 0.15) is 0 Å². The number of aromatic nitrogens is 1. The van der Waals surface area contributed by atoms with Crippen LogP contribution in [-0.4, -0.2) is 32.8 Å². The fourth-order valence-electron chi connectivity index (χ4n) is 3.27. The van der Waals surface area contributed by atoms with Crippen LogP contribution in [0.4, 0.5) is 0 Å². The summed E-state index contributed by atoms with van der Waals surface area (Å²) in [4.78, 5) is 14.3. The Morgan fingerprint density at radius 2 is 2.18 bits per heavy atom. The summed E-state index contributed by atoms with van der Waals surface area (Å²) >= 11 is 0. The first-order chi connectivity index (χ1) is 10.6.